The van der Waals surface area contributed by atoms with E-state index in [0.29, 0.717) is 0 Å². The molecule has 2 heterocycles. The fraction of sp³-hybridized carbons (Fsp3) is 0.214. The van der Waals surface area contributed by atoms with Crippen LogP contribution in [0, 0.1) is 0 Å². The molecule has 0 bridgehead atoms. The van der Waals surface area contributed by atoms with Crippen LogP contribution >= 0.6 is 0 Å². The number of carbonyl (C=O) groups excluding carboxylic acids is 2. The van der Waals surface area contributed by atoms with Crippen molar-refractivity contribution < 1.29 is 9.59 Å². The second-order valence-corrected chi connectivity index (χ2v) is 4.60. The minimum Gasteiger partial charge on any atom is -0.333 e. The van der Waals surface area contributed by atoms with Gasteiger partial charge in [-0.15, -0.1) is 0 Å². The summed E-state index contributed by atoms with van der Waals surface area (Å²) in [7, 11) is 0. The number of anilines is 1. The molecule has 1 aromatic heterocycles. The molecular formula is C14H13N3O2. The normalized spacial score (nSPS) is 15.3. The van der Waals surface area contributed by atoms with E-state index in [2.05, 4.69) is 4.98 Å². The van der Waals surface area contributed by atoms with Gasteiger partial charge in [-0.1, -0.05) is 12.1 Å². The van der Waals surface area contributed by atoms with Crippen LogP contribution in [0.4, 0.5) is 5.69 Å². The number of amides is 1. The van der Waals surface area contributed by atoms with Gasteiger partial charge >= 0.3 is 0 Å². The smallest absolute Gasteiger partial charge is 0.234 e. The van der Waals surface area contributed by atoms with Crippen LogP contribution in [0.3, 0.4) is 0 Å². The van der Waals surface area contributed by atoms with Gasteiger partial charge in [0.15, 0.2) is 5.78 Å². The van der Waals surface area contributed by atoms with Gasteiger partial charge in [0.25, 0.3) is 0 Å². The van der Waals surface area contributed by atoms with E-state index in [9.17, 15) is 9.59 Å². The van der Waals surface area contributed by atoms with Gasteiger partial charge in [-0.2, -0.15) is 0 Å². The molecule has 0 saturated carbocycles. The second-order valence-electron chi connectivity index (χ2n) is 4.60. The SMILES string of the molecule is O=C1CC(=O)N(c2ccc(Cn3ccnc3)cc2)C1. The van der Waals surface area contributed by atoms with Crippen LogP contribution in [0.15, 0.2) is 43.0 Å². The van der Waals surface area contributed by atoms with E-state index < -0.39 is 0 Å². The van der Waals surface area contributed by atoms with Crippen LogP contribution in [0.2, 0.25) is 0 Å². The summed E-state index contributed by atoms with van der Waals surface area (Å²) in [6, 6.07) is 7.68. The summed E-state index contributed by atoms with van der Waals surface area (Å²) < 4.78 is 1.97. The van der Waals surface area contributed by atoms with Crippen molar-refractivity contribution in [1.29, 1.82) is 0 Å². The zero-order valence-electron chi connectivity index (χ0n) is 10.3. The highest BCUT2D eigenvalue weighted by atomic mass is 16.2. The minimum atomic E-state index is -0.118. The van der Waals surface area contributed by atoms with Crippen molar-refractivity contribution in [3.05, 3.63) is 48.5 Å². The zero-order valence-corrected chi connectivity index (χ0v) is 10.3. The number of hydrogen-bond acceptors (Lipinski definition) is 3. The molecule has 19 heavy (non-hydrogen) atoms. The van der Waals surface area contributed by atoms with Crippen molar-refractivity contribution in [2.75, 3.05) is 11.4 Å². The van der Waals surface area contributed by atoms with E-state index in [1.54, 1.807) is 12.5 Å². The first kappa shape index (κ1) is 11.6. The third-order valence-corrected chi connectivity index (χ3v) is 3.16. The first-order valence-electron chi connectivity index (χ1n) is 6.09. The van der Waals surface area contributed by atoms with Crippen molar-refractivity contribution in [2.24, 2.45) is 0 Å². The Balaban J connectivity index is 1.75. The molecule has 1 saturated heterocycles. The average molecular weight is 255 g/mol. The third-order valence-electron chi connectivity index (χ3n) is 3.16. The van der Waals surface area contributed by atoms with Gasteiger partial charge in [-0.25, -0.2) is 4.98 Å². The number of rotatable bonds is 3. The second kappa shape index (κ2) is 4.68. The summed E-state index contributed by atoms with van der Waals surface area (Å²) >= 11 is 0. The lowest BCUT2D eigenvalue weighted by Gasteiger charge is -2.15. The Labute approximate surface area is 110 Å². The number of Topliss-reactive ketones (excluding diaryl/α,β-unsaturated/α-hetero) is 1. The molecule has 1 amide bonds. The Morgan fingerprint density at radius 2 is 1.95 bits per heavy atom. The molecule has 3 rings (SSSR count). The molecule has 5 heteroatoms. The van der Waals surface area contributed by atoms with Crippen molar-refractivity contribution >= 4 is 17.4 Å². The average Bonchev–Trinajstić information content (AvgIpc) is 3.00. The molecule has 1 fully saturated rings. The van der Waals surface area contributed by atoms with Gasteiger partial charge < -0.3 is 9.47 Å². The fourth-order valence-electron chi connectivity index (χ4n) is 2.19. The standard InChI is InChI=1S/C14H13N3O2/c18-13-7-14(19)17(9-13)12-3-1-11(2-4-12)8-16-6-5-15-10-16/h1-6,10H,7-9H2. The molecule has 1 aromatic carbocycles. The van der Waals surface area contributed by atoms with Gasteiger partial charge in [-0.05, 0) is 17.7 Å². The van der Waals surface area contributed by atoms with E-state index in [-0.39, 0.29) is 24.7 Å². The van der Waals surface area contributed by atoms with Gasteiger partial charge in [0, 0.05) is 24.6 Å². The maximum absolute atomic E-state index is 11.6. The molecular weight excluding hydrogens is 242 g/mol. The van der Waals surface area contributed by atoms with Crippen LogP contribution < -0.4 is 4.90 Å². The van der Waals surface area contributed by atoms with Crippen LogP contribution in [-0.4, -0.2) is 27.8 Å². The third kappa shape index (κ3) is 2.40. The zero-order chi connectivity index (χ0) is 13.2. The topological polar surface area (TPSA) is 55.2 Å². The van der Waals surface area contributed by atoms with E-state index in [1.807, 2.05) is 35.0 Å². The summed E-state index contributed by atoms with van der Waals surface area (Å²) in [6.07, 6.45) is 5.42. The number of benzene rings is 1. The highest BCUT2D eigenvalue weighted by Crippen LogP contribution is 2.20. The largest absolute Gasteiger partial charge is 0.333 e. The molecule has 1 aliphatic heterocycles. The van der Waals surface area contributed by atoms with E-state index in [1.165, 1.54) is 4.90 Å². The predicted octanol–water partition coefficient (Wildman–Crippen LogP) is 1.24. The molecule has 0 unspecified atom stereocenters. The number of carbonyl (C=O) groups is 2. The highest BCUT2D eigenvalue weighted by molar-refractivity contribution is 6.14. The Kier molecular flexibility index (Phi) is 2.87. The first-order valence-corrected chi connectivity index (χ1v) is 6.09. The Bertz CT molecular complexity index is 602. The van der Waals surface area contributed by atoms with Gasteiger partial charge in [0.1, 0.15) is 0 Å². The summed E-state index contributed by atoms with van der Waals surface area (Å²) in [6.45, 7) is 0.937. The Morgan fingerprint density at radius 3 is 2.53 bits per heavy atom. The molecule has 0 atom stereocenters. The van der Waals surface area contributed by atoms with Crippen LogP contribution in [-0.2, 0) is 16.1 Å². The molecule has 2 aromatic rings. The molecule has 96 valence electrons. The summed E-state index contributed by atoms with van der Waals surface area (Å²) in [5.74, 6) is -0.139. The predicted molar refractivity (Wildman–Crippen MR) is 69.7 cm³/mol. The lowest BCUT2D eigenvalue weighted by Crippen LogP contribution is -2.24. The van der Waals surface area contributed by atoms with Gasteiger partial charge in [0.05, 0.1) is 19.3 Å². The molecule has 0 N–H and O–H groups in total. The van der Waals surface area contributed by atoms with Crippen LogP contribution in [0.1, 0.15) is 12.0 Å². The van der Waals surface area contributed by atoms with E-state index in [0.717, 1.165) is 17.8 Å². The Morgan fingerprint density at radius 1 is 1.16 bits per heavy atom. The van der Waals surface area contributed by atoms with E-state index in [4.69, 9.17) is 0 Å². The highest BCUT2D eigenvalue weighted by Gasteiger charge is 2.28. The number of hydrogen-bond donors (Lipinski definition) is 0. The summed E-state index contributed by atoms with van der Waals surface area (Å²) in [5, 5.41) is 0. The monoisotopic (exact) mass is 255 g/mol. The molecule has 0 spiro atoms. The lowest BCUT2D eigenvalue weighted by atomic mass is 10.2. The lowest BCUT2D eigenvalue weighted by molar-refractivity contribution is -0.121. The van der Waals surface area contributed by atoms with Crippen LogP contribution in [0.5, 0.6) is 0 Å². The molecule has 0 radical (unpaired) electrons. The number of nitrogens with zero attached hydrogens (tertiary/aromatic N) is 3. The quantitative estimate of drug-likeness (QED) is 0.775. The first-order chi connectivity index (χ1) is 9.22. The molecule has 5 nitrogen and oxygen atoms in total. The van der Waals surface area contributed by atoms with Crippen molar-refractivity contribution in [3.63, 3.8) is 0 Å². The van der Waals surface area contributed by atoms with Crippen molar-refractivity contribution in [3.8, 4) is 0 Å². The number of aromatic nitrogens is 2. The summed E-state index contributed by atoms with van der Waals surface area (Å²) in [4.78, 5) is 28.4. The van der Waals surface area contributed by atoms with Gasteiger partial charge in [-0.3, -0.25) is 9.59 Å². The maximum atomic E-state index is 11.6. The number of imidazole rings is 1. The van der Waals surface area contributed by atoms with E-state index >= 15 is 0 Å². The fourth-order valence-corrected chi connectivity index (χ4v) is 2.19. The van der Waals surface area contributed by atoms with Crippen LogP contribution in [0.25, 0.3) is 0 Å². The van der Waals surface area contributed by atoms with Crippen molar-refractivity contribution in [1.82, 2.24) is 9.55 Å². The summed E-state index contributed by atoms with van der Waals surface area (Å²) in [5.41, 5.74) is 1.91. The van der Waals surface area contributed by atoms with Gasteiger partial charge in [0.2, 0.25) is 5.91 Å². The molecule has 1 aliphatic rings. The number of ketones is 1. The Hall–Kier alpha value is -2.43. The van der Waals surface area contributed by atoms with Crippen molar-refractivity contribution in [2.45, 2.75) is 13.0 Å². The molecule has 0 aliphatic carbocycles. The minimum absolute atomic E-state index is 0.0208. The maximum Gasteiger partial charge on any atom is 0.234 e.